The van der Waals surface area contributed by atoms with Crippen LogP contribution < -0.4 is 0 Å². The van der Waals surface area contributed by atoms with E-state index in [-0.39, 0.29) is 0 Å². The second kappa shape index (κ2) is 4.68. The van der Waals surface area contributed by atoms with Gasteiger partial charge in [-0.1, -0.05) is 34.8 Å². The molecule has 0 radical (unpaired) electrons. The minimum absolute atomic E-state index is 0.603. The first-order chi connectivity index (χ1) is 5.84. The van der Waals surface area contributed by atoms with Gasteiger partial charge in [-0.25, -0.2) is 0 Å². The molecule has 0 aliphatic rings. The van der Waals surface area contributed by atoms with E-state index in [1.54, 1.807) is 13.8 Å². The number of rotatable bonds is 3. The summed E-state index contributed by atoms with van der Waals surface area (Å²) in [5, 5.41) is 0. The van der Waals surface area contributed by atoms with Crippen LogP contribution in [0.3, 0.4) is 0 Å². The Morgan fingerprint density at radius 3 is 1.43 bits per heavy atom. The molecule has 0 aliphatic carbocycles. The van der Waals surface area contributed by atoms with Gasteiger partial charge in [0, 0.05) is 0 Å². The number of halogens is 4. The zero-order valence-electron chi connectivity index (χ0n) is 9.00. The summed E-state index contributed by atoms with van der Waals surface area (Å²) >= 11 is 23.6. The highest BCUT2D eigenvalue weighted by Gasteiger charge is 2.45. The summed E-state index contributed by atoms with van der Waals surface area (Å²) in [6, 6.07) is 0. The largest absolute Gasteiger partial charge is 0.409 e. The molecule has 14 heavy (non-hydrogen) atoms. The number of hydrogen-bond donors (Lipinski definition) is 0. The topological polar surface area (TPSA) is 9.23 Å². The Morgan fingerprint density at radius 2 is 1.36 bits per heavy atom. The lowest BCUT2D eigenvalue weighted by atomic mass is 10.1. The van der Waals surface area contributed by atoms with E-state index in [1.165, 1.54) is 0 Å². The average Bonchev–Trinajstić information content (AvgIpc) is 1.75. The second-order valence-corrected chi connectivity index (χ2v) is 12.5. The van der Waals surface area contributed by atoms with Crippen LogP contribution in [0.15, 0.2) is 0 Å². The van der Waals surface area contributed by atoms with E-state index in [1.807, 2.05) is 19.6 Å². The van der Waals surface area contributed by atoms with Crippen LogP contribution in [0.2, 0.25) is 19.6 Å². The lowest BCUT2D eigenvalue weighted by Crippen LogP contribution is -2.49. The van der Waals surface area contributed by atoms with Crippen LogP contribution in [0.4, 0.5) is 0 Å². The number of alkyl halides is 4. The van der Waals surface area contributed by atoms with Crippen molar-refractivity contribution in [2.75, 3.05) is 0 Å². The Hall–Kier alpha value is 1.34. The molecule has 0 aromatic heterocycles. The molecule has 0 saturated heterocycles. The average molecular weight is 298 g/mol. The van der Waals surface area contributed by atoms with Gasteiger partial charge in [0.05, 0.1) is 4.87 Å². The van der Waals surface area contributed by atoms with Gasteiger partial charge in [0.1, 0.15) is 6.10 Å². The van der Waals surface area contributed by atoms with Crippen molar-refractivity contribution in [1.82, 2.24) is 0 Å². The first kappa shape index (κ1) is 15.3. The predicted molar refractivity (Wildman–Crippen MR) is 68.4 cm³/mol. The fourth-order valence-electron chi connectivity index (χ4n) is 0.950. The van der Waals surface area contributed by atoms with Gasteiger partial charge in [-0.3, -0.25) is 0 Å². The zero-order valence-corrected chi connectivity index (χ0v) is 13.0. The summed E-state index contributed by atoms with van der Waals surface area (Å²) in [4.78, 5) is -0.703. The SMILES string of the molecule is CC(C)(Cl)C(O[Si](C)(C)C)C(Cl)(Cl)Cl. The van der Waals surface area contributed by atoms with Crippen LogP contribution >= 0.6 is 46.4 Å². The maximum atomic E-state index is 6.13. The summed E-state index contributed by atoms with van der Waals surface area (Å²) in [6.45, 7) is 9.64. The second-order valence-electron chi connectivity index (χ2n) is 4.72. The molecule has 0 aromatic carbocycles. The quantitative estimate of drug-likeness (QED) is 0.547. The highest BCUT2D eigenvalue weighted by Crippen LogP contribution is 2.41. The van der Waals surface area contributed by atoms with Crippen LogP contribution in [0, 0.1) is 0 Å². The van der Waals surface area contributed by atoms with Gasteiger partial charge in [-0.2, -0.15) is 0 Å². The molecule has 0 aromatic rings. The smallest absolute Gasteiger partial charge is 0.216 e. The van der Waals surface area contributed by atoms with Crippen LogP contribution in [0.5, 0.6) is 0 Å². The predicted octanol–water partition coefficient (Wildman–Crippen LogP) is 4.59. The van der Waals surface area contributed by atoms with Crippen molar-refractivity contribution in [3.8, 4) is 0 Å². The van der Waals surface area contributed by atoms with E-state index in [0.29, 0.717) is 0 Å². The minimum atomic E-state index is -1.78. The molecule has 0 saturated carbocycles. The minimum Gasteiger partial charge on any atom is -0.409 e. The first-order valence-corrected chi connectivity index (χ1v) is 9.19. The van der Waals surface area contributed by atoms with Gasteiger partial charge < -0.3 is 4.43 Å². The third-order valence-electron chi connectivity index (χ3n) is 1.39. The molecular formula is C8H16Cl4OSi. The number of hydrogen-bond acceptors (Lipinski definition) is 1. The van der Waals surface area contributed by atoms with Gasteiger partial charge in [0.15, 0.2) is 8.32 Å². The normalized spacial score (nSPS) is 16.9. The summed E-state index contributed by atoms with van der Waals surface area (Å²) in [5.74, 6) is 0. The van der Waals surface area contributed by atoms with Crippen LogP contribution in [0.1, 0.15) is 13.8 Å². The Balaban J connectivity index is 4.78. The molecular weight excluding hydrogens is 282 g/mol. The maximum absolute atomic E-state index is 6.13. The van der Waals surface area contributed by atoms with Crippen molar-refractivity contribution in [3.63, 3.8) is 0 Å². The Morgan fingerprint density at radius 1 is 1.00 bits per heavy atom. The summed E-state index contributed by atoms with van der Waals surface area (Å²) in [6.07, 6.45) is -0.603. The van der Waals surface area contributed by atoms with E-state index < -0.39 is 23.1 Å². The molecule has 0 fully saturated rings. The van der Waals surface area contributed by atoms with Crippen LogP contribution in [-0.2, 0) is 4.43 Å². The van der Waals surface area contributed by atoms with E-state index in [0.717, 1.165) is 0 Å². The third kappa shape index (κ3) is 6.04. The molecule has 0 heterocycles. The van der Waals surface area contributed by atoms with E-state index in [2.05, 4.69) is 0 Å². The Bertz CT molecular complexity index is 175. The highest BCUT2D eigenvalue weighted by molar-refractivity contribution is 6.71. The molecule has 0 aliphatic heterocycles. The first-order valence-electron chi connectivity index (χ1n) is 4.27. The van der Waals surface area contributed by atoms with E-state index >= 15 is 0 Å². The Labute approximate surface area is 107 Å². The van der Waals surface area contributed by atoms with E-state index in [9.17, 15) is 0 Å². The maximum Gasteiger partial charge on any atom is 0.216 e. The lowest BCUT2D eigenvalue weighted by molar-refractivity contribution is 0.161. The summed E-state index contributed by atoms with van der Waals surface area (Å²) in [5.41, 5.74) is 0. The van der Waals surface area contributed by atoms with Crippen LogP contribution in [0.25, 0.3) is 0 Å². The lowest BCUT2D eigenvalue weighted by Gasteiger charge is -2.38. The molecule has 0 spiro atoms. The van der Waals surface area contributed by atoms with Crippen molar-refractivity contribution < 1.29 is 4.43 Å². The highest BCUT2D eigenvalue weighted by atomic mass is 35.6. The Kier molecular flexibility index (Phi) is 5.13. The van der Waals surface area contributed by atoms with Crippen molar-refractivity contribution >= 4 is 54.7 Å². The van der Waals surface area contributed by atoms with Crippen molar-refractivity contribution in [2.24, 2.45) is 0 Å². The van der Waals surface area contributed by atoms with Gasteiger partial charge in [0.25, 0.3) is 0 Å². The van der Waals surface area contributed by atoms with E-state index in [4.69, 9.17) is 50.8 Å². The fourth-order valence-corrected chi connectivity index (χ4v) is 3.75. The molecule has 86 valence electrons. The monoisotopic (exact) mass is 296 g/mol. The molecule has 1 nitrogen and oxygen atoms in total. The summed E-state index contributed by atoms with van der Waals surface area (Å²) in [7, 11) is -1.78. The standard InChI is InChI=1S/C8H16Cl4OSi/c1-7(2,9)6(8(10,11)12)13-14(3,4)5/h6H,1-5H3. The van der Waals surface area contributed by atoms with Crippen molar-refractivity contribution in [2.45, 2.75) is 48.3 Å². The molecule has 0 bridgehead atoms. The van der Waals surface area contributed by atoms with Crippen LogP contribution in [-0.4, -0.2) is 23.1 Å². The third-order valence-corrected chi connectivity index (χ3v) is 3.13. The molecule has 0 N–H and O–H groups in total. The van der Waals surface area contributed by atoms with Gasteiger partial charge >= 0.3 is 0 Å². The fraction of sp³-hybridized carbons (Fsp3) is 1.00. The van der Waals surface area contributed by atoms with Crippen molar-refractivity contribution in [1.29, 1.82) is 0 Å². The molecule has 1 atom stereocenters. The molecule has 1 unspecified atom stereocenters. The molecule has 6 heteroatoms. The van der Waals surface area contributed by atoms with Gasteiger partial charge in [-0.15, -0.1) is 11.6 Å². The van der Waals surface area contributed by atoms with Gasteiger partial charge in [0.2, 0.25) is 3.79 Å². The zero-order chi connectivity index (χ0) is 11.8. The molecule has 0 amide bonds. The van der Waals surface area contributed by atoms with Crippen molar-refractivity contribution in [3.05, 3.63) is 0 Å². The summed E-state index contributed by atoms with van der Waals surface area (Å²) < 4.78 is 4.28. The van der Waals surface area contributed by atoms with Gasteiger partial charge in [-0.05, 0) is 33.5 Å². The molecule has 0 rings (SSSR count).